The zero-order valence-corrected chi connectivity index (χ0v) is 22.0. The number of primary amides is 1. The van der Waals surface area contributed by atoms with E-state index in [2.05, 4.69) is 22.2 Å². The standard InChI is InChI=1S/C23H17N5O3S.C5H11N/c1-13(29)25-21-23(31)28(18-12-19(20(24)30)32-22(18)26-21)16-8-7-14-9-10-27(17(14)11-16)15-5-3-2-4-6-15;1-6-4-2-3-5-6/h2-12H,1H3,(H2,24,30)(H,25,26,29);2-5H2,1H3. The number of nitrogens with one attached hydrogen (secondary N) is 1. The Labute approximate surface area is 223 Å². The second-order valence-electron chi connectivity index (χ2n) is 9.22. The lowest BCUT2D eigenvalue weighted by atomic mass is 10.2. The van der Waals surface area contributed by atoms with Crippen molar-refractivity contribution < 1.29 is 9.59 Å². The smallest absolute Gasteiger partial charge is 0.298 e. The Bertz CT molecular complexity index is 1700. The number of rotatable bonds is 4. The van der Waals surface area contributed by atoms with Crippen LogP contribution in [0.5, 0.6) is 0 Å². The Morgan fingerprint density at radius 2 is 1.71 bits per heavy atom. The summed E-state index contributed by atoms with van der Waals surface area (Å²) in [6.45, 7) is 3.94. The summed E-state index contributed by atoms with van der Waals surface area (Å²) < 4.78 is 3.47. The van der Waals surface area contributed by atoms with Crippen molar-refractivity contribution in [2.45, 2.75) is 19.8 Å². The van der Waals surface area contributed by atoms with Crippen molar-refractivity contribution in [3.63, 3.8) is 0 Å². The van der Waals surface area contributed by atoms with Crippen LogP contribution in [0.3, 0.4) is 0 Å². The number of nitrogens with two attached hydrogens (primary N) is 1. The van der Waals surface area contributed by atoms with Crippen molar-refractivity contribution in [2.24, 2.45) is 5.73 Å². The number of para-hydroxylation sites is 1. The molecule has 3 aromatic heterocycles. The average Bonchev–Trinajstić information content (AvgIpc) is 3.64. The number of nitrogens with zero attached hydrogens (tertiary/aromatic N) is 4. The van der Waals surface area contributed by atoms with Crippen molar-refractivity contribution in [2.75, 3.05) is 25.5 Å². The third-order valence-electron chi connectivity index (χ3n) is 6.39. The molecule has 3 N–H and O–H groups in total. The van der Waals surface area contributed by atoms with Gasteiger partial charge in [0.15, 0.2) is 0 Å². The molecule has 38 heavy (non-hydrogen) atoms. The van der Waals surface area contributed by atoms with Gasteiger partial charge in [-0.15, -0.1) is 11.3 Å². The van der Waals surface area contributed by atoms with Gasteiger partial charge in [0.25, 0.3) is 11.5 Å². The molecule has 194 valence electrons. The quantitative estimate of drug-likeness (QED) is 0.364. The fraction of sp³-hybridized carbons (Fsp3) is 0.214. The van der Waals surface area contributed by atoms with Gasteiger partial charge < -0.3 is 20.5 Å². The molecule has 0 radical (unpaired) electrons. The molecule has 1 saturated heterocycles. The lowest BCUT2D eigenvalue weighted by Gasteiger charge is -2.12. The van der Waals surface area contributed by atoms with E-state index in [-0.39, 0.29) is 10.7 Å². The van der Waals surface area contributed by atoms with E-state index in [4.69, 9.17) is 5.73 Å². The van der Waals surface area contributed by atoms with Crippen LogP contribution < -0.4 is 16.6 Å². The van der Waals surface area contributed by atoms with Crippen molar-refractivity contribution in [1.82, 2.24) is 19.0 Å². The Balaban J connectivity index is 0.000000433. The van der Waals surface area contributed by atoms with Crippen LogP contribution in [0.4, 0.5) is 5.82 Å². The number of aromatic nitrogens is 3. The number of fused-ring (bicyclic) bond motifs is 2. The Kier molecular flexibility index (Phi) is 7.08. The molecule has 6 rings (SSSR count). The lowest BCUT2D eigenvalue weighted by molar-refractivity contribution is -0.114. The molecule has 0 spiro atoms. The Morgan fingerprint density at radius 3 is 2.34 bits per heavy atom. The number of hydrogen-bond acceptors (Lipinski definition) is 6. The van der Waals surface area contributed by atoms with Crippen LogP contribution in [0.1, 0.15) is 29.4 Å². The molecule has 0 aliphatic carbocycles. The number of carbonyl (C=O) groups is 2. The highest BCUT2D eigenvalue weighted by atomic mass is 32.1. The minimum absolute atomic E-state index is 0.110. The molecule has 10 heteroatoms. The molecule has 2 aromatic carbocycles. The first-order valence-electron chi connectivity index (χ1n) is 12.3. The summed E-state index contributed by atoms with van der Waals surface area (Å²) in [7, 11) is 2.17. The third kappa shape index (κ3) is 5.09. The van der Waals surface area contributed by atoms with Gasteiger partial charge in [-0.05, 0) is 69.4 Å². The average molecular weight is 529 g/mol. The zero-order chi connectivity index (χ0) is 26.8. The van der Waals surface area contributed by atoms with Gasteiger partial charge in [0.2, 0.25) is 11.7 Å². The predicted octanol–water partition coefficient (Wildman–Crippen LogP) is 4.16. The topological polar surface area (TPSA) is 115 Å². The van der Waals surface area contributed by atoms with E-state index in [1.807, 2.05) is 65.4 Å². The van der Waals surface area contributed by atoms with Gasteiger partial charge in [0.05, 0.1) is 21.6 Å². The lowest BCUT2D eigenvalue weighted by Crippen LogP contribution is -2.25. The first-order chi connectivity index (χ1) is 18.3. The maximum absolute atomic E-state index is 13.3. The van der Waals surface area contributed by atoms with Gasteiger partial charge in [-0.3, -0.25) is 19.0 Å². The van der Waals surface area contributed by atoms with Crippen LogP contribution in [0.25, 0.3) is 32.6 Å². The molecule has 4 heterocycles. The zero-order valence-electron chi connectivity index (χ0n) is 21.2. The highest BCUT2D eigenvalue weighted by molar-refractivity contribution is 7.20. The highest BCUT2D eigenvalue weighted by Gasteiger charge is 2.18. The van der Waals surface area contributed by atoms with Crippen molar-refractivity contribution in [1.29, 1.82) is 0 Å². The van der Waals surface area contributed by atoms with Crippen LogP contribution in [0.15, 0.2) is 71.7 Å². The minimum Gasteiger partial charge on any atom is -0.365 e. The minimum atomic E-state index is -0.610. The number of thiophene rings is 1. The van der Waals surface area contributed by atoms with Gasteiger partial charge in [-0.2, -0.15) is 0 Å². The molecule has 1 fully saturated rings. The molecular formula is C28H28N6O3S. The van der Waals surface area contributed by atoms with Crippen LogP contribution >= 0.6 is 11.3 Å². The van der Waals surface area contributed by atoms with Gasteiger partial charge in [-0.25, -0.2) is 4.98 Å². The van der Waals surface area contributed by atoms with E-state index in [0.29, 0.717) is 16.0 Å². The molecule has 5 aromatic rings. The summed E-state index contributed by atoms with van der Waals surface area (Å²) in [5.74, 6) is -1.14. The monoisotopic (exact) mass is 528 g/mol. The fourth-order valence-electron chi connectivity index (χ4n) is 4.55. The highest BCUT2D eigenvalue weighted by Crippen LogP contribution is 2.28. The van der Waals surface area contributed by atoms with Gasteiger partial charge in [0.1, 0.15) is 4.83 Å². The molecule has 1 aliphatic heterocycles. The summed E-state index contributed by atoms with van der Waals surface area (Å²) in [6.07, 6.45) is 4.79. The maximum atomic E-state index is 13.3. The van der Waals surface area contributed by atoms with Gasteiger partial charge >= 0.3 is 0 Å². The van der Waals surface area contributed by atoms with Crippen LogP contribution in [-0.4, -0.2) is 51.0 Å². The van der Waals surface area contributed by atoms with Gasteiger partial charge in [0, 0.05) is 24.2 Å². The summed E-state index contributed by atoms with van der Waals surface area (Å²) in [6, 6.07) is 19.0. The van der Waals surface area contributed by atoms with Crippen LogP contribution in [0, 0.1) is 0 Å². The third-order valence-corrected chi connectivity index (χ3v) is 7.42. The number of hydrogen-bond donors (Lipinski definition) is 2. The Hall–Kier alpha value is -4.28. The molecule has 0 saturated carbocycles. The summed E-state index contributed by atoms with van der Waals surface area (Å²) in [5, 5.41) is 3.49. The normalized spacial score (nSPS) is 13.4. The number of benzene rings is 2. The summed E-state index contributed by atoms with van der Waals surface area (Å²) in [5.41, 5.74) is 7.85. The number of anilines is 1. The second kappa shape index (κ2) is 10.6. The molecule has 2 amide bonds. The Morgan fingerprint density at radius 1 is 0.974 bits per heavy atom. The number of likely N-dealkylation sites (tertiary alicyclic amines) is 1. The first kappa shape index (κ1) is 25.4. The van der Waals surface area contributed by atoms with Crippen LogP contribution in [-0.2, 0) is 4.79 Å². The molecule has 1 aliphatic rings. The predicted molar refractivity (Wildman–Crippen MR) is 152 cm³/mol. The molecule has 0 bridgehead atoms. The van der Waals surface area contributed by atoms with Crippen LogP contribution in [0.2, 0.25) is 0 Å². The maximum Gasteiger partial charge on any atom is 0.298 e. The van der Waals surface area contributed by atoms with E-state index in [9.17, 15) is 14.4 Å². The van der Waals surface area contributed by atoms with E-state index in [1.165, 1.54) is 37.4 Å². The van der Waals surface area contributed by atoms with Crippen molar-refractivity contribution in [3.05, 3.63) is 82.1 Å². The molecule has 9 nitrogen and oxygen atoms in total. The van der Waals surface area contributed by atoms with E-state index >= 15 is 0 Å². The van der Waals surface area contributed by atoms with E-state index in [0.717, 1.165) is 27.9 Å². The fourth-order valence-corrected chi connectivity index (χ4v) is 5.42. The second-order valence-corrected chi connectivity index (χ2v) is 10.3. The molecular weight excluding hydrogens is 500 g/mol. The first-order valence-corrected chi connectivity index (χ1v) is 13.1. The largest absolute Gasteiger partial charge is 0.365 e. The summed E-state index contributed by atoms with van der Waals surface area (Å²) >= 11 is 1.07. The number of amides is 2. The van der Waals surface area contributed by atoms with Gasteiger partial charge in [-0.1, -0.05) is 24.3 Å². The number of carbonyl (C=O) groups excluding carboxylic acids is 2. The van der Waals surface area contributed by atoms with E-state index < -0.39 is 17.4 Å². The SMILES string of the molecule is CC(=O)Nc1nc2sc(C(N)=O)cc2n(-c2ccc3ccn(-c4ccccc4)c3c2)c1=O.CN1CCCC1. The molecule has 0 unspecified atom stereocenters. The van der Waals surface area contributed by atoms with E-state index in [1.54, 1.807) is 6.07 Å². The van der Waals surface area contributed by atoms with Crippen molar-refractivity contribution >= 4 is 50.2 Å². The molecule has 0 atom stereocenters. The van der Waals surface area contributed by atoms with Crippen molar-refractivity contribution in [3.8, 4) is 11.4 Å². The summed E-state index contributed by atoms with van der Waals surface area (Å²) in [4.78, 5) is 44.0.